The molecular weight excluding hydrogens is 275 g/mol. The van der Waals surface area contributed by atoms with Crippen molar-refractivity contribution in [2.24, 2.45) is 0 Å². The minimum absolute atomic E-state index is 0.272. The number of esters is 1. The van der Waals surface area contributed by atoms with Gasteiger partial charge in [-0.15, -0.1) is 13.2 Å². The molecule has 1 aromatic rings. The van der Waals surface area contributed by atoms with Crippen LogP contribution in [-0.4, -0.2) is 25.5 Å². The highest BCUT2D eigenvalue weighted by molar-refractivity contribution is 5.81. The van der Waals surface area contributed by atoms with Crippen LogP contribution >= 0.6 is 0 Å². The third kappa shape index (κ3) is 6.67. The van der Waals surface area contributed by atoms with Crippen molar-refractivity contribution in [1.82, 2.24) is 0 Å². The summed E-state index contributed by atoms with van der Waals surface area (Å²) in [6.07, 6.45) is -1.97. The van der Waals surface area contributed by atoms with E-state index < -0.39 is 12.3 Å². The molecule has 0 aliphatic heterocycles. The monoisotopic (exact) mass is 289 g/mol. The summed E-state index contributed by atoms with van der Waals surface area (Å²) in [5.74, 6) is -0.777. The van der Waals surface area contributed by atoms with Crippen LogP contribution in [0.5, 0.6) is 5.75 Å². The minimum Gasteiger partial charge on any atom is -0.463 e. The Morgan fingerprint density at radius 2 is 2.15 bits per heavy atom. The number of alkyl halides is 3. The molecule has 0 spiro atoms. The lowest BCUT2D eigenvalue weighted by Gasteiger charge is -2.10. The van der Waals surface area contributed by atoms with Crippen LogP contribution in [0, 0.1) is 0 Å². The Morgan fingerprint density at radius 1 is 1.40 bits per heavy atom. The zero-order valence-electron chi connectivity index (χ0n) is 10.7. The van der Waals surface area contributed by atoms with E-state index in [1.165, 1.54) is 30.4 Å². The van der Waals surface area contributed by atoms with Gasteiger partial charge in [0.2, 0.25) is 0 Å². The number of carbonyl (C=O) groups excluding carboxylic acids is 1. The lowest BCUT2D eigenvalue weighted by molar-refractivity contribution is -0.274. The number of halogens is 3. The van der Waals surface area contributed by atoms with E-state index in [1.54, 1.807) is 13.0 Å². The highest BCUT2D eigenvalue weighted by atomic mass is 19.4. The van der Waals surface area contributed by atoms with Crippen molar-refractivity contribution in [1.29, 1.82) is 0 Å². The molecular formula is C13H14F3NO3. The Hall–Kier alpha value is -2.18. The van der Waals surface area contributed by atoms with Gasteiger partial charge < -0.3 is 14.8 Å². The molecule has 4 nitrogen and oxygen atoms in total. The molecule has 1 N–H and O–H groups in total. The number of nitrogens with one attached hydrogen (secondary N) is 1. The number of benzene rings is 1. The third-order valence-corrected chi connectivity index (χ3v) is 2.03. The second-order valence-corrected chi connectivity index (χ2v) is 3.61. The van der Waals surface area contributed by atoms with Gasteiger partial charge in [-0.2, -0.15) is 0 Å². The molecule has 0 atom stereocenters. The van der Waals surface area contributed by atoms with Gasteiger partial charge in [-0.3, -0.25) is 0 Å². The Balaban J connectivity index is 2.48. The molecule has 7 heteroatoms. The molecule has 20 heavy (non-hydrogen) atoms. The van der Waals surface area contributed by atoms with Crippen LogP contribution in [-0.2, 0) is 9.53 Å². The van der Waals surface area contributed by atoms with Crippen LogP contribution in [0.1, 0.15) is 6.92 Å². The molecule has 0 aliphatic carbocycles. The zero-order valence-corrected chi connectivity index (χ0v) is 10.7. The van der Waals surface area contributed by atoms with E-state index in [0.717, 1.165) is 0 Å². The average molecular weight is 289 g/mol. The normalized spacial score (nSPS) is 11.4. The lowest BCUT2D eigenvalue weighted by Crippen LogP contribution is -2.17. The van der Waals surface area contributed by atoms with Crippen molar-refractivity contribution < 1.29 is 27.4 Å². The maximum Gasteiger partial charge on any atom is 0.573 e. The Labute approximate surface area is 114 Å². The third-order valence-electron chi connectivity index (χ3n) is 2.03. The minimum atomic E-state index is -4.72. The highest BCUT2D eigenvalue weighted by Gasteiger charge is 2.31. The van der Waals surface area contributed by atoms with Crippen LogP contribution in [0.15, 0.2) is 36.4 Å². The molecule has 1 rings (SSSR count). The summed E-state index contributed by atoms with van der Waals surface area (Å²) in [4.78, 5) is 11.0. The lowest BCUT2D eigenvalue weighted by atomic mass is 10.3. The maximum atomic E-state index is 12.0. The van der Waals surface area contributed by atoms with Crippen molar-refractivity contribution in [3.63, 3.8) is 0 Å². The van der Waals surface area contributed by atoms with Gasteiger partial charge in [0.05, 0.1) is 6.61 Å². The largest absolute Gasteiger partial charge is 0.573 e. The molecule has 0 saturated heterocycles. The molecule has 0 radical (unpaired) electrons. The van der Waals surface area contributed by atoms with E-state index in [2.05, 4.69) is 14.8 Å². The smallest absolute Gasteiger partial charge is 0.463 e. The fourth-order valence-electron chi connectivity index (χ4n) is 1.33. The summed E-state index contributed by atoms with van der Waals surface area (Å²) in [7, 11) is 0. The van der Waals surface area contributed by atoms with Gasteiger partial charge in [0.1, 0.15) is 5.75 Å². The number of anilines is 1. The van der Waals surface area contributed by atoms with Gasteiger partial charge in [0.15, 0.2) is 0 Å². The standard InChI is InChI=1S/C13H14F3NO3/c1-2-19-12(18)7-4-8-17-10-5-3-6-11(9-10)20-13(14,15)16/h3-7,9,17H,2,8H2,1H3/b7-4+. The fraction of sp³-hybridized carbons (Fsp3) is 0.308. The van der Waals surface area contributed by atoms with Crippen molar-refractivity contribution in [3.05, 3.63) is 36.4 Å². The first-order chi connectivity index (χ1) is 9.40. The maximum absolute atomic E-state index is 12.0. The summed E-state index contributed by atoms with van der Waals surface area (Å²) >= 11 is 0. The van der Waals surface area contributed by atoms with Crippen LogP contribution in [0.2, 0.25) is 0 Å². The predicted molar refractivity (Wildman–Crippen MR) is 67.4 cm³/mol. The molecule has 0 saturated carbocycles. The Bertz CT molecular complexity index is 472. The summed E-state index contributed by atoms with van der Waals surface area (Å²) in [6, 6.07) is 5.43. The van der Waals surface area contributed by atoms with Crippen molar-refractivity contribution in [2.75, 3.05) is 18.5 Å². The molecule has 0 aromatic heterocycles. The Morgan fingerprint density at radius 3 is 2.80 bits per heavy atom. The first-order valence-electron chi connectivity index (χ1n) is 5.83. The molecule has 110 valence electrons. The number of ether oxygens (including phenoxy) is 2. The second kappa shape index (κ2) is 7.42. The summed E-state index contributed by atoms with van der Waals surface area (Å²) in [5.41, 5.74) is 0.445. The molecule has 1 aromatic carbocycles. The molecule has 0 aliphatic rings. The van der Waals surface area contributed by atoms with Gasteiger partial charge in [0, 0.05) is 24.4 Å². The topological polar surface area (TPSA) is 47.6 Å². The Kier molecular flexibility index (Phi) is 5.89. The SMILES string of the molecule is CCOC(=O)/C=C/CNc1cccc(OC(F)(F)F)c1. The van der Waals surface area contributed by atoms with Gasteiger partial charge in [0.25, 0.3) is 0 Å². The average Bonchev–Trinajstić information content (AvgIpc) is 2.33. The first-order valence-corrected chi connectivity index (χ1v) is 5.83. The molecule has 0 bridgehead atoms. The number of hydrogen-bond donors (Lipinski definition) is 1. The van der Waals surface area contributed by atoms with E-state index in [4.69, 9.17) is 0 Å². The quantitative estimate of drug-likeness (QED) is 0.645. The van der Waals surface area contributed by atoms with Crippen LogP contribution in [0.25, 0.3) is 0 Å². The van der Waals surface area contributed by atoms with Crippen LogP contribution in [0.4, 0.5) is 18.9 Å². The van der Waals surface area contributed by atoms with E-state index in [9.17, 15) is 18.0 Å². The highest BCUT2D eigenvalue weighted by Crippen LogP contribution is 2.24. The number of hydrogen-bond acceptors (Lipinski definition) is 4. The molecule has 0 fully saturated rings. The summed E-state index contributed by atoms with van der Waals surface area (Å²) in [5, 5.41) is 2.83. The van der Waals surface area contributed by atoms with Gasteiger partial charge in [-0.25, -0.2) is 4.79 Å². The summed E-state index contributed by atoms with van der Waals surface area (Å²) in [6.45, 7) is 2.25. The van der Waals surface area contributed by atoms with E-state index in [-0.39, 0.29) is 18.9 Å². The predicted octanol–water partition coefficient (Wildman–Crippen LogP) is 3.12. The van der Waals surface area contributed by atoms with Crippen molar-refractivity contribution >= 4 is 11.7 Å². The zero-order chi connectivity index (χ0) is 15.0. The second-order valence-electron chi connectivity index (χ2n) is 3.61. The number of carbonyl (C=O) groups is 1. The van der Waals surface area contributed by atoms with Crippen LogP contribution < -0.4 is 10.1 Å². The summed E-state index contributed by atoms with van der Waals surface area (Å²) < 4.78 is 44.6. The van der Waals surface area contributed by atoms with Crippen LogP contribution in [0.3, 0.4) is 0 Å². The van der Waals surface area contributed by atoms with Gasteiger partial charge >= 0.3 is 12.3 Å². The van der Waals surface area contributed by atoms with E-state index in [0.29, 0.717) is 5.69 Å². The van der Waals surface area contributed by atoms with Gasteiger partial charge in [-0.05, 0) is 19.1 Å². The molecule has 0 unspecified atom stereocenters. The molecule has 0 heterocycles. The van der Waals surface area contributed by atoms with E-state index >= 15 is 0 Å². The fourth-order valence-corrected chi connectivity index (χ4v) is 1.33. The molecule has 0 amide bonds. The van der Waals surface area contributed by atoms with Crippen molar-refractivity contribution in [3.8, 4) is 5.75 Å². The van der Waals surface area contributed by atoms with Crippen molar-refractivity contribution in [2.45, 2.75) is 13.3 Å². The van der Waals surface area contributed by atoms with Gasteiger partial charge in [-0.1, -0.05) is 12.1 Å². The number of rotatable bonds is 6. The van der Waals surface area contributed by atoms with E-state index in [1.807, 2.05) is 0 Å². The first kappa shape index (κ1) is 15.9.